The Labute approximate surface area is 296 Å². The van der Waals surface area contributed by atoms with Gasteiger partial charge >= 0.3 is 0 Å². The minimum Gasteiger partial charge on any atom is -0.488 e. The third kappa shape index (κ3) is 7.70. The summed E-state index contributed by atoms with van der Waals surface area (Å²) in [6.45, 7) is 6.77. The quantitative estimate of drug-likeness (QED) is 0.121. The van der Waals surface area contributed by atoms with Crippen LogP contribution in [0.5, 0.6) is 11.5 Å². The highest BCUT2D eigenvalue weighted by atomic mass is 35.5. The molecular weight excluding hydrogens is 656 g/mol. The molecule has 0 aliphatic carbocycles. The number of aliphatic hydroxyl groups excluding tert-OH is 2. The van der Waals surface area contributed by atoms with E-state index in [0.717, 1.165) is 51.9 Å². The summed E-state index contributed by atoms with van der Waals surface area (Å²) in [7, 11) is 0. The van der Waals surface area contributed by atoms with E-state index in [2.05, 4.69) is 41.2 Å². The minimum atomic E-state index is -0.909. The van der Waals surface area contributed by atoms with Crippen LogP contribution in [0, 0.1) is 18.3 Å². The molecule has 1 fully saturated rings. The van der Waals surface area contributed by atoms with Gasteiger partial charge in [0.15, 0.2) is 5.58 Å². The van der Waals surface area contributed by atoms with Crippen molar-refractivity contribution in [2.24, 2.45) is 5.73 Å². The van der Waals surface area contributed by atoms with Gasteiger partial charge in [0.25, 0.3) is 6.01 Å². The SMILES string of the molecule is Cc1c(COc2cc(OCc3cncc(C#N)c3)c(CNC(C)(CO)CO)cc2Cl)cccc1-c1ccc2oc(N3C[C@@H](N)C[C@H]3C)nc2c1. The number of hydrogen-bond donors (Lipinski definition) is 4. The van der Waals surface area contributed by atoms with E-state index < -0.39 is 5.54 Å². The lowest BCUT2D eigenvalue weighted by molar-refractivity contribution is 0.103. The first-order valence-electron chi connectivity index (χ1n) is 16.5. The van der Waals surface area contributed by atoms with Crippen LogP contribution in [0.2, 0.25) is 5.02 Å². The van der Waals surface area contributed by atoms with Crippen LogP contribution in [0.25, 0.3) is 22.2 Å². The van der Waals surface area contributed by atoms with E-state index in [4.69, 9.17) is 36.2 Å². The molecule has 50 heavy (non-hydrogen) atoms. The fourth-order valence-electron chi connectivity index (χ4n) is 6.07. The summed E-state index contributed by atoms with van der Waals surface area (Å²) in [6.07, 6.45) is 4.03. The zero-order valence-corrected chi connectivity index (χ0v) is 29.1. The molecule has 2 aromatic heterocycles. The highest BCUT2D eigenvalue weighted by Gasteiger charge is 2.30. The molecule has 11 nitrogen and oxygen atoms in total. The highest BCUT2D eigenvalue weighted by Crippen LogP contribution is 2.36. The molecule has 260 valence electrons. The van der Waals surface area contributed by atoms with Gasteiger partial charge in [-0.25, -0.2) is 0 Å². The van der Waals surface area contributed by atoms with E-state index in [1.807, 2.05) is 30.3 Å². The molecule has 5 N–H and O–H groups in total. The maximum absolute atomic E-state index is 9.78. The van der Waals surface area contributed by atoms with Crippen molar-refractivity contribution >= 4 is 28.7 Å². The first kappa shape index (κ1) is 35.1. The van der Waals surface area contributed by atoms with Crippen molar-refractivity contribution in [2.45, 2.75) is 64.6 Å². The average molecular weight is 697 g/mol. The molecule has 0 bridgehead atoms. The number of nitrogens with one attached hydrogen (secondary N) is 1. The number of nitrogens with two attached hydrogens (primary N) is 1. The van der Waals surface area contributed by atoms with Crippen molar-refractivity contribution in [1.29, 1.82) is 5.26 Å². The number of halogens is 1. The number of nitriles is 1. The second-order valence-corrected chi connectivity index (χ2v) is 13.6. The van der Waals surface area contributed by atoms with E-state index >= 15 is 0 Å². The van der Waals surface area contributed by atoms with E-state index in [0.29, 0.717) is 33.7 Å². The largest absolute Gasteiger partial charge is 0.488 e. The average Bonchev–Trinajstić information content (AvgIpc) is 3.71. The predicted octanol–water partition coefficient (Wildman–Crippen LogP) is 5.64. The van der Waals surface area contributed by atoms with Crippen LogP contribution >= 0.6 is 11.6 Å². The number of pyridine rings is 1. The molecule has 1 aliphatic rings. The second-order valence-electron chi connectivity index (χ2n) is 13.2. The van der Waals surface area contributed by atoms with Crippen molar-refractivity contribution in [2.75, 3.05) is 24.7 Å². The van der Waals surface area contributed by atoms with Gasteiger partial charge in [0.05, 0.1) is 29.3 Å². The van der Waals surface area contributed by atoms with Crippen molar-refractivity contribution in [3.05, 3.63) is 99.8 Å². The first-order chi connectivity index (χ1) is 24.1. The number of aliphatic hydroxyl groups is 2. The Bertz CT molecular complexity index is 2020. The molecule has 1 saturated heterocycles. The van der Waals surface area contributed by atoms with Gasteiger partial charge in [-0.3, -0.25) is 4.98 Å². The molecule has 1 aliphatic heterocycles. The van der Waals surface area contributed by atoms with Crippen molar-refractivity contribution < 1.29 is 24.1 Å². The van der Waals surface area contributed by atoms with Crippen LogP contribution in [-0.4, -0.2) is 57.6 Å². The molecule has 2 atom stereocenters. The first-order valence-corrected chi connectivity index (χ1v) is 16.9. The zero-order chi connectivity index (χ0) is 35.4. The van der Waals surface area contributed by atoms with Crippen LogP contribution in [0.4, 0.5) is 6.01 Å². The molecule has 5 aromatic rings. The molecule has 6 rings (SSSR count). The topological polar surface area (TPSA) is 163 Å². The lowest BCUT2D eigenvalue weighted by atomic mass is 9.96. The van der Waals surface area contributed by atoms with Gasteiger partial charge in [-0.2, -0.15) is 10.2 Å². The molecular formula is C38H41ClN6O5. The Morgan fingerprint density at radius 2 is 1.88 bits per heavy atom. The maximum atomic E-state index is 9.78. The van der Waals surface area contributed by atoms with Crippen LogP contribution in [0.1, 0.15) is 48.1 Å². The summed E-state index contributed by atoms with van der Waals surface area (Å²) in [5, 5.41) is 32.4. The fraction of sp³-hybridized carbons (Fsp3) is 0.342. The van der Waals surface area contributed by atoms with Crippen LogP contribution in [0.15, 0.2) is 71.4 Å². The van der Waals surface area contributed by atoms with Crippen LogP contribution in [-0.2, 0) is 19.8 Å². The van der Waals surface area contributed by atoms with Gasteiger partial charge in [-0.1, -0.05) is 35.9 Å². The summed E-state index contributed by atoms with van der Waals surface area (Å²) >= 11 is 6.75. The predicted molar refractivity (Wildman–Crippen MR) is 192 cm³/mol. The van der Waals surface area contributed by atoms with Gasteiger partial charge < -0.3 is 40.1 Å². The van der Waals surface area contributed by atoms with Crippen LogP contribution < -0.4 is 25.4 Å². The number of fused-ring (bicyclic) bond motifs is 1. The molecule has 0 unspecified atom stereocenters. The molecule has 0 radical (unpaired) electrons. The highest BCUT2D eigenvalue weighted by molar-refractivity contribution is 6.32. The van der Waals surface area contributed by atoms with E-state index in [1.54, 1.807) is 31.3 Å². The van der Waals surface area contributed by atoms with Gasteiger partial charge in [-0.15, -0.1) is 0 Å². The third-order valence-corrected chi connectivity index (χ3v) is 9.50. The number of anilines is 1. The van der Waals surface area contributed by atoms with Gasteiger partial charge in [0.2, 0.25) is 0 Å². The molecule has 12 heteroatoms. The maximum Gasteiger partial charge on any atom is 0.298 e. The van der Waals surface area contributed by atoms with Crippen molar-refractivity contribution in [1.82, 2.24) is 15.3 Å². The number of ether oxygens (including phenoxy) is 2. The summed E-state index contributed by atoms with van der Waals surface area (Å²) < 4.78 is 18.6. The third-order valence-electron chi connectivity index (χ3n) is 9.21. The summed E-state index contributed by atoms with van der Waals surface area (Å²) in [5.74, 6) is 0.923. The van der Waals surface area contributed by atoms with E-state index in [-0.39, 0.29) is 45.1 Å². The Balaban J connectivity index is 1.23. The summed E-state index contributed by atoms with van der Waals surface area (Å²) in [6, 6.07) is 20.4. The molecule has 0 spiro atoms. The summed E-state index contributed by atoms with van der Waals surface area (Å²) in [4.78, 5) is 11.1. The monoisotopic (exact) mass is 696 g/mol. The normalized spacial score (nSPS) is 16.2. The molecule has 0 amide bonds. The lowest BCUT2D eigenvalue weighted by Gasteiger charge is -2.27. The minimum absolute atomic E-state index is 0.109. The standard InChI is InChI=1S/C38H41ClN6O5/c1-23-9-30(41)18-45(23)37-44-33-12-27(7-8-34(33)50-37)31-6-4-5-28(24(31)2)20-49-36-13-35(48-19-26-10-25(14-40)15-42-16-26)29(11-32(36)39)17-43-38(3,21-46)22-47/h4-8,10-13,15-16,23,30,43,46-47H,9,17-22,41H2,1-3H3/t23-,30+/m1/s1. The number of aromatic nitrogens is 2. The Morgan fingerprint density at radius 1 is 1.08 bits per heavy atom. The number of hydrogen-bond acceptors (Lipinski definition) is 11. The number of oxazole rings is 1. The number of rotatable bonds is 13. The number of nitrogens with zero attached hydrogens (tertiary/aromatic N) is 4. The zero-order valence-electron chi connectivity index (χ0n) is 28.3. The Hall–Kier alpha value is -4.70. The second kappa shape index (κ2) is 15.0. The molecule has 0 saturated carbocycles. The molecule has 3 heterocycles. The van der Waals surface area contributed by atoms with Gasteiger partial charge in [-0.05, 0) is 73.7 Å². The van der Waals surface area contributed by atoms with Crippen molar-refractivity contribution in [3.63, 3.8) is 0 Å². The fourth-order valence-corrected chi connectivity index (χ4v) is 6.31. The van der Waals surface area contributed by atoms with E-state index in [9.17, 15) is 15.5 Å². The van der Waals surface area contributed by atoms with Crippen molar-refractivity contribution in [3.8, 4) is 28.7 Å². The summed E-state index contributed by atoms with van der Waals surface area (Å²) in [5.41, 5.74) is 12.7. The van der Waals surface area contributed by atoms with Crippen LogP contribution in [0.3, 0.4) is 0 Å². The molecule has 3 aromatic carbocycles. The smallest absolute Gasteiger partial charge is 0.298 e. The van der Waals surface area contributed by atoms with E-state index in [1.165, 1.54) is 6.20 Å². The Morgan fingerprint density at radius 3 is 2.62 bits per heavy atom. The Kier molecular flexibility index (Phi) is 10.6. The lowest BCUT2D eigenvalue weighted by Crippen LogP contribution is -2.48. The van der Waals surface area contributed by atoms with Gasteiger partial charge in [0.1, 0.15) is 36.3 Å². The van der Waals surface area contributed by atoms with Gasteiger partial charge in [0, 0.05) is 54.8 Å². The number of benzene rings is 3.